The molecular weight excluding hydrogens is 562 g/mol. The lowest BCUT2D eigenvalue weighted by molar-refractivity contribution is 0.0585. The van der Waals surface area contributed by atoms with Gasteiger partial charge in [-0.1, -0.05) is 29.8 Å². The third kappa shape index (κ3) is 5.18. The molecule has 0 spiro atoms. The average molecular weight is 580 g/mol. The first-order chi connectivity index (χ1) is 19.9. The molecule has 0 bridgehead atoms. The summed E-state index contributed by atoms with van der Waals surface area (Å²) in [6.07, 6.45) is 7.54. The molecular formula is C27H18ClF4N9. The van der Waals surface area contributed by atoms with Crippen molar-refractivity contribution in [2.24, 2.45) is 0 Å². The van der Waals surface area contributed by atoms with Crippen molar-refractivity contribution >= 4 is 11.6 Å². The van der Waals surface area contributed by atoms with Crippen molar-refractivity contribution in [2.45, 2.75) is 19.0 Å². The normalized spacial score (nSPS) is 12.2. The number of aromatic nitrogens is 9. The monoisotopic (exact) mass is 579 g/mol. The number of hydrogen-bond donors (Lipinski definition) is 0. The van der Waals surface area contributed by atoms with Gasteiger partial charge in [-0.3, -0.25) is 9.67 Å². The fourth-order valence-electron chi connectivity index (χ4n) is 4.54. The van der Waals surface area contributed by atoms with Crippen LogP contribution in [0.4, 0.5) is 17.6 Å². The molecule has 4 heterocycles. The van der Waals surface area contributed by atoms with Gasteiger partial charge >= 0.3 is 6.55 Å². The topological polar surface area (TPSA) is 92.1 Å². The van der Waals surface area contributed by atoms with Crippen molar-refractivity contribution in [3.63, 3.8) is 0 Å². The van der Waals surface area contributed by atoms with Gasteiger partial charge in [-0.25, -0.2) is 13.5 Å². The molecule has 0 N–H and O–H groups in total. The molecule has 4 aromatic heterocycles. The molecule has 0 aliphatic heterocycles. The fourth-order valence-corrected chi connectivity index (χ4v) is 4.70. The van der Waals surface area contributed by atoms with Gasteiger partial charge in [0.1, 0.15) is 12.1 Å². The molecule has 0 aliphatic rings. The predicted molar refractivity (Wildman–Crippen MR) is 140 cm³/mol. The molecule has 206 valence electrons. The number of hydrogen-bond acceptors (Lipinski definition) is 6. The van der Waals surface area contributed by atoms with E-state index in [4.69, 9.17) is 11.6 Å². The Labute approximate surface area is 234 Å². The summed E-state index contributed by atoms with van der Waals surface area (Å²) < 4.78 is 59.2. The van der Waals surface area contributed by atoms with Gasteiger partial charge in [0.2, 0.25) is 0 Å². The quantitative estimate of drug-likeness (QED) is 0.207. The Morgan fingerprint density at radius 2 is 1.71 bits per heavy atom. The lowest BCUT2D eigenvalue weighted by Gasteiger charge is -2.18. The highest BCUT2D eigenvalue weighted by Crippen LogP contribution is 2.34. The van der Waals surface area contributed by atoms with Crippen molar-refractivity contribution in [2.75, 3.05) is 0 Å². The number of nitrogens with zero attached hydrogens (tertiary/aromatic N) is 9. The Hall–Kier alpha value is -4.91. The second-order valence-corrected chi connectivity index (χ2v) is 9.38. The summed E-state index contributed by atoms with van der Waals surface area (Å²) in [5, 5.41) is 19.1. The number of benzene rings is 2. The maximum Gasteiger partial charge on any atom is 0.333 e. The van der Waals surface area contributed by atoms with Gasteiger partial charge in [0.15, 0.2) is 5.82 Å². The van der Waals surface area contributed by atoms with Crippen LogP contribution < -0.4 is 0 Å². The molecule has 0 saturated heterocycles. The first-order valence-corrected chi connectivity index (χ1v) is 12.5. The second-order valence-electron chi connectivity index (χ2n) is 8.98. The standard InChI is InChI=1S/C27H18ClF4N9/c28-20-6-8-23(40-15-34-37-38-40)25(26(20)30)17-3-7-21(33-12-17)24(11-16-1-4-19(29)5-2-16)39-14-18(13-36-39)22-9-10-35-41(22)27(31)32/h1-10,12-15,24,27H,11H2. The lowest BCUT2D eigenvalue weighted by atomic mass is 10.0. The smallest absolute Gasteiger partial charge is 0.263 e. The van der Waals surface area contributed by atoms with Gasteiger partial charge in [-0.15, -0.1) is 5.10 Å². The van der Waals surface area contributed by atoms with Crippen LogP contribution in [0, 0.1) is 11.6 Å². The van der Waals surface area contributed by atoms with E-state index < -0.39 is 18.4 Å². The van der Waals surface area contributed by atoms with Crippen LogP contribution in [0.3, 0.4) is 0 Å². The van der Waals surface area contributed by atoms with E-state index in [0.717, 1.165) is 5.56 Å². The number of pyridine rings is 1. The summed E-state index contributed by atoms with van der Waals surface area (Å²) in [7, 11) is 0. The highest BCUT2D eigenvalue weighted by Gasteiger charge is 2.22. The lowest BCUT2D eigenvalue weighted by Crippen LogP contribution is -2.16. The van der Waals surface area contributed by atoms with E-state index in [1.807, 2.05) is 0 Å². The Balaban J connectivity index is 1.40. The fraction of sp³-hybridized carbons (Fsp3) is 0.111. The molecule has 0 radical (unpaired) electrons. The van der Waals surface area contributed by atoms with Crippen molar-refractivity contribution in [1.29, 1.82) is 0 Å². The molecule has 6 rings (SSSR count). The summed E-state index contributed by atoms with van der Waals surface area (Å²) in [6.45, 7) is -2.82. The van der Waals surface area contributed by atoms with Gasteiger partial charge in [0, 0.05) is 41.7 Å². The zero-order valence-corrected chi connectivity index (χ0v) is 21.6. The molecule has 14 heteroatoms. The van der Waals surface area contributed by atoms with Crippen molar-refractivity contribution < 1.29 is 17.6 Å². The van der Waals surface area contributed by atoms with Crippen LogP contribution in [0.25, 0.3) is 28.1 Å². The number of alkyl halides is 2. The SMILES string of the molecule is Fc1ccc(CC(c2ccc(-c3c(-n4cnnn4)ccc(Cl)c3F)cn2)n2cc(-c3ccnn3C(F)F)cn2)cc1. The minimum atomic E-state index is -2.82. The Bertz CT molecular complexity index is 1780. The molecule has 0 fully saturated rings. The van der Waals surface area contributed by atoms with Crippen LogP contribution in [-0.2, 0) is 6.42 Å². The minimum Gasteiger partial charge on any atom is -0.263 e. The molecule has 0 saturated carbocycles. The second kappa shape index (κ2) is 10.9. The van der Waals surface area contributed by atoms with Gasteiger partial charge < -0.3 is 0 Å². The van der Waals surface area contributed by atoms with Crippen LogP contribution >= 0.6 is 11.6 Å². The average Bonchev–Trinajstić information content (AvgIpc) is 3.76. The van der Waals surface area contributed by atoms with Crippen molar-refractivity contribution in [3.8, 4) is 28.1 Å². The molecule has 6 aromatic rings. The molecule has 1 atom stereocenters. The summed E-state index contributed by atoms with van der Waals surface area (Å²) in [4.78, 5) is 4.61. The molecule has 9 nitrogen and oxygen atoms in total. The van der Waals surface area contributed by atoms with E-state index >= 15 is 4.39 Å². The Morgan fingerprint density at radius 3 is 2.41 bits per heavy atom. The maximum atomic E-state index is 15.3. The van der Waals surface area contributed by atoms with Crippen LogP contribution in [0.15, 0.2) is 85.7 Å². The Morgan fingerprint density at radius 1 is 0.878 bits per heavy atom. The minimum absolute atomic E-state index is 0.0813. The predicted octanol–water partition coefficient (Wildman–Crippen LogP) is 5.94. The maximum absolute atomic E-state index is 15.3. The van der Waals surface area contributed by atoms with E-state index in [-0.39, 0.29) is 22.1 Å². The summed E-state index contributed by atoms with van der Waals surface area (Å²) in [5.41, 5.74) is 2.89. The summed E-state index contributed by atoms with van der Waals surface area (Å²) in [5.74, 6) is -1.04. The van der Waals surface area contributed by atoms with E-state index in [9.17, 15) is 13.2 Å². The summed E-state index contributed by atoms with van der Waals surface area (Å²) in [6, 6.07) is 13.3. The molecule has 0 amide bonds. The number of tetrazole rings is 1. The number of halogens is 5. The molecule has 41 heavy (non-hydrogen) atoms. The highest BCUT2D eigenvalue weighted by atomic mass is 35.5. The zero-order valence-electron chi connectivity index (χ0n) is 20.9. The first kappa shape index (κ1) is 26.3. The van der Waals surface area contributed by atoms with Gasteiger partial charge in [-0.05, 0) is 52.4 Å². The van der Waals surface area contributed by atoms with Crippen molar-refractivity contribution in [3.05, 3.63) is 114 Å². The van der Waals surface area contributed by atoms with Crippen molar-refractivity contribution in [1.82, 2.24) is 44.8 Å². The van der Waals surface area contributed by atoms with Crippen LogP contribution in [0.2, 0.25) is 5.02 Å². The van der Waals surface area contributed by atoms with Crippen LogP contribution in [0.1, 0.15) is 23.8 Å². The van der Waals surface area contributed by atoms with E-state index in [1.165, 1.54) is 53.9 Å². The van der Waals surface area contributed by atoms with Gasteiger partial charge in [0.25, 0.3) is 0 Å². The first-order valence-electron chi connectivity index (χ1n) is 12.2. The summed E-state index contributed by atoms with van der Waals surface area (Å²) >= 11 is 6.09. The van der Waals surface area contributed by atoms with Gasteiger partial charge in [0.05, 0.1) is 34.3 Å². The van der Waals surface area contributed by atoms with Gasteiger partial charge in [-0.2, -0.15) is 23.7 Å². The molecule has 0 aliphatic carbocycles. The van der Waals surface area contributed by atoms with E-state index in [2.05, 4.69) is 30.7 Å². The number of rotatable bonds is 8. The van der Waals surface area contributed by atoms with E-state index in [0.29, 0.717) is 33.6 Å². The van der Waals surface area contributed by atoms with Crippen LogP contribution in [0.5, 0.6) is 0 Å². The Kier molecular flexibility index (Phi) is 7.01. The third-order valence-electron chi connectivity index (χ3n) is 6.50. The largest absolute Gasteiger partial charge is 0.333 e. The zero-order chi connectivity index (χ0) is 28.5. The molecule has 2 aromatic carbocycles. The van der Waals surface area contributed by atoms with Crippen LogP contribution in [-0.4, -0.2) is 44.8 Å². The highest BCUT2D eigenvalue weighted by molar-refractivity contribution is 6.31. The third-order valence-corrected chi connectivity index (χ3v) is 6.79. The molecule has 1 unspecified atom stereocenters. The van der Waals surface area contributed by atoms with E-state index in [1.54, 1.807) is 41.2 Å².